The Kier molecular flexibility index (Phi) is 3.13. The monoisotopic (exact) mass is 247 g/mol. The number of nitrogen functional groups attached to an aromatic ring is 1. The third-order valence-corrected chi connectivity index (χ3v) is 2.52. The summed E-state index contributed by atoms with van der Waals surface area (Å²) in [6.07, 6.45) is 1.58. The number of carbonyl (C=O) groups is 1. The molecule has 1 aromatic carbocycles. The van der Waals surface area contributed by atoms with Gasteiger partial charge in [0.1, 0.15) is 6.33 Å². The minimum atomic E-state index is -1.00. The number of nitrogens with one attached hydrogen (secondary N) is 1. The topological polar surface area (TPSA) is 106 Å². The average molecular weight is 247 g/mol. The smallest absolute Gasteiger partial charge is 0.337 e. The van der Waals surface area contributed by atoms with Crippen LogP contribution in [-0.2, 0) is 13.6 Å². The van der Waals surface area contributed by atoms with Crippen molar-refractivity contribution in [2.75, 3.05) is 11.1 Å². The fraction of sp³-hybridized carbons (Fsp3) is 0.182. The lowest BCUT2D eigenvalue weighted by Gasteiger charge is -2.09. The van der Waals surface area contributed by atoms with E-state index in [4.69, 9.17) is 10.8 Å². The van der Waals surface area contributed by atoms with Crippen molar-refractivity contribution in [3.63, 3.8) is 0 Å². The van der Waals surface area contributed by atoms with Crippen LogP contribution in [0, 0.1) is 0 Å². The Bertz CT molecular complexity index is 579. The van der Waals surface area contributed by atoms with Crippen molar-refractivity contribution in [3.05, 3.63) is 35.9 Å². The Labute approximate surface area is 103 Å². The normalized spacial score (nSPS) is 10.3. The van der Waals surface area contributed by atoms with Crippen LogP contribution < -0.4 is 11.1 Å². The second-order valence-electron chi connectivity index (χ2n) is 3.82. The molecule has 0 fully saturated rings. The van der Waals surface area contributed by atoms with Crippen molar-refractivity contribution in [1.82, 2.24) is 14.8 Å². The molecule has 94 valence electrons. The highest BCUT2D eigenvalue weighted by molar-refractivity contribution is 5.95. The molecule has 18 heavy (non-hydrogen) atoms. The van der Waals surface area contributed by atoms with Crippen molar-refractivity contribution in [3.8, 4) is 0 Å². The number of aromatic nitrogens is 3. The van der Waals surface area contributed by atoms with Gasteiger partial charge in [-0.15, -0.1) is 10.2 Å². The first-order chi connectivity index (χ1) is 8.58. The average Bonchev–Trinajstić information content (AvgIpc) is 2.72. The lowest BCUT2D eigenvalue weighted by atomic mass is 10.1. The number of nitrogens with two attached hydrogens (primary N) is 1. The summed E-state index contributed by atoms with van der Waals surface area (Å²) in [5.41, 5.74) is 6.78. The largest absolute Gasteiger partial charge is 0.478 e. The van der Waals surface area contributed by atoms with Gasteiger partial charge in [0, 0.05) is 12.7 Å². The van der Waals surface area contributed by atoms with Gasteiger partial charge in [-0.05, 0) is 18.2 Å². The fourth-order valence-electron chi connectivity index (χ4n) is 1.54. The Morgan fingerprint density at radius 2 is 2.33 bits per heavy atom. The van der Waals surface area contributed by atoms with Crippen molar-refractivity contribution in [2.45, 2.75) is 6.54 Å². The van der Waals surface area contributed by atoms with E-state index in [0.717, 1.165) is 0 Å². The van der Waals surface area contributed by atoms with Gasteiger partial charge in [0.15, 0.2) is 5.82 Å². The molecule has 0 aliphatic carbocycles. The van der Waals surface area contributed by atoms with Gasteiger partial charge in [-0.2, -0.15) is 0 Å². The molecule has 4 N–H and O–H groups in total. The Hall–Kier alpha value is -2.57. The van der Waals surface area contributed by atoms with E-state index in [1.165, 1.54) is 6.07 Å². The molecule has 0 spiro atoms. The molecule has 0 aliphatic rings. The second-order valence-corrected chi connectivity index (χ2v) is 3.82. The van der Waals surface area contributed by atoms with Crippen LogP contribution >= 0.6 is 0 Å². The molecular weight excluding hydrogens is 234 g/mol. The molecular formula is C11H13N5O2. The lowest BCUT2D eigenvalue weighted by Crippen LogP contribution is -2.10. The molecule has 2 aromatic rings. The first-order valence-corrected chi connectivity index (χ1v) is 5.27. The standard InChI is InChI=1S/C11H13N5O2/c1-16-6-14-15-10(16)5-13-9-4-7(12)2-3-8(9)11(17)18/h2-4,6,13H,5,12H2,1H3,(H,17,18). The van der Waals surface area contributed by atoms with Gasteiger partial charge < -0.3 is 20.7 Å². The number of hydrogen-bond donors (Lipinski definition) is 3. The second kappa shape index (κ2) is 4.74. The van der Waals surface area contributed by atoms with Crippen LogP contribution in [0.15, 0.2) is 24.5 Å². The highest BCUT2D eigenvalue weighted by Crippen LogP contribution is 2.19. The summed E-state index contributed by atoms with van der Waals surface area (Å²) in [4.78, 5) is 11.0. The summed E-state index contributed by atoms with van der Waals surface area (Å²) in [5.74, 6) is -0.302. The molecule has 1 aromatic heterocycles. The molecule has 0 radical (unpaired) electrons. The first-order valence-electron chi connectivity index (χ1n) is 5.27. The lowest BCUT2D eigenvalue weighted by molar-refractivity contribution is 0.0698. The fourth-order valence-corrected chi connectivity index (χ4v) is 1.54. The van der Waals surface area contributed by atoms with E-state index < -0.39 is 5.97 Å². The number of benzene rings is 1. The van der Waals surface area contributed by atoms with Gasteiger partial charge in [-0.25, -0.2) is 4.79 Å². The number of rotatable bonds is 4. The minimum Gasteiger partial charge on any atom is -0.478 e. The van der Waals surface area contributed by atoms with E-state index in [9.17, 15) is 4.79 Å². The summed E-state index contributed by atoms with van der Waals surface area (Å²) in [6, 6.07) is 4.60. The number of carboxylic acids is 1. The van der Waals surface area contributed by atoms with Gasteiger partial charge in [0.2, 0.25) is 0 Å². The Morgan fingerprint density at radius 3 is 2.94 bits per heavy atom. The molecule has 0 saturated heterocycles. The predicted molar refractivity (Wildman–Crippen MR) is 66.1 cm³/mol. The zero-order chi connectivity index (χ0) is 13.1. The van der Waals surface area contributed by atoms with Gasteiger partial charge >= 0.3 is 5.97 Å². The number of anilines is 2. The van der Waals surface area contributed by atoms with Crippen LogP contribution in [0.5, 0.6) is 0 Å². The zero-order valence-electron chi connectivity index (χ0n) is 9.79. The van der Waals surface area contributed by atoms with Crippen LogP contribution in [0.3, 0.4) is 0 Å². The summed E-state index contributed by atoms with van der Waals surface area (Å²) in [7, 11) is 1.81. The molecule has 0 saturated carbocycles. The molecule has 0 atom stereocenters. The van der Waals surface area contributed by atoms with E-state index >= 15 is 0 Å². The molecule has 7 nitrogen and oxygen atoms in total. The SMILES string of the molecule is Cn1cnnc1CNc1cc(N)ccc1C(=O)O. The number of hydrogen-bond acceptors (Lipinski definition) is 5. The van der Waals surface area contributed by atoms with Crippen LogP contribution in [0.4, 0.5) is 11.4 Å². The van der Waals surface area contributed by atoms with E-state index in [0.29, 0.717) is 23.7 Å². The van der Waals surface area contributed by atoms with Gasteiger partial charge in [-0.3, -0.25) is 0 Å². The van der Waals surface area contributed by atoms with E-state index in [2.05, 4.69) is 15.5 Å². The molecule has 0 unspecified atom stereocenters. The minimum absolute atomic E-state index is 0.173. The molecule has 7 heteroatoms. The molecule has 2 rings (SSSR count). The highest BCUT2D eigenvalue weighted by atomic mass is 16.4. The van der Waals surface area contributed by atoms with Crippen LogP contribution in [-0.4, -0.2) is 25.8 Å². The number of aromatic carboxylic acids is 1. The summed E-state index contributed by atoms with van der Waals surface area (Å²) >= 11 is 0. The maximum atomic E-state index is 11.0. The third kappa shape index (κ3) is 2.40. The van der Waals surface area contributed by atoms with Crippen LogP contribution in [0.1, 0.15) is 16.2 Å². The number of carboxylic acid groups (broad SMARTS) is 1. The van der Waals surface area contributed by atoms with Gasteiger partial charge in [0.25, 0.3) is 0 Å². The van der Waals surface area contributed by atoms with Crippen molar-refractivity contribution < 1.29 is 9.90 Å². The number of aryl methyl sites for hydroxylation is 1. The van der Waals surface area contributed by atoms with E-state index in [-0.39, 0.29) is 5.56 Å². The quantitative estimate of drug-likeness (QED) is 0.687. The summed E-state index contributed by atoms with van der Waals surface area (Å²) < 4.78 is 1.75. The van der Waals surface area contributed by atoms with Crippen molar-refractivity contribution in [1.29, 1.82) is 0 Å². The predicted octanol–water partition coefficient (Wildman–Crippen LogP) is 0.708. The Morgan fingerprint density at radius 1 is 1.56 bits per heavy atom. The van der Waals surface area contributed by atoms with Gasteiger partial charge in [0.05, 0.1) is 17.8 Å². The highest BCUT2D eigenvalue weighted by Gasteiger charge is 2.10. The van der Waals surface area contributed by atoms with E-state index in [1.807, 2.05) is 7.05 Å². The van der Waals surface area contributed by atoms with Crippen molar-refractivity contribution in [2.24, 2.45) is 7.05 Å². The maximum Gasteiger partial charge on any atom is 0.337 e. The maximum absolute atomic E-state index is 11.0. The zero-order valence-corrected chi connectivity index (χ0v) is 9.79. The summed E-state index contributed by atoms with van der Waals surface area (Å²) in [5, 5.41) is 19.7. The van der Waals surface area contributed by atoms with E-state index in [1.54, 1.807) is 23.0 Å². The molecule has 0 aliphatic heterocycles. The first kappa shape index (κ1) is 11.9. The molecule has 0 amide bonds. The Balaban J connectivity index is 2.20. The van der Waals surface area contributed by atoms with Gasteiger partial charge in [-0.1, -0.05) is 0 Å². The number of nitrogens with zero attached hydrogens (tertiary/aromatic N) is 3. The third-order valence-electron chi connectivity index (χ3n) is 2.52. The molecule has 0 bridgehead atoms. The molecule has 1 heterocycles. The summed E-state index contributed by atoms with van der Waals surface area (Å²) in [6.45, 7) is 0.375. The van der Waals surface area contributed by atoms with Crippen LogP contribution in [0.25, 0.3) is 0 Å². The van der Waals surface area contributed by atoms with Crippen LogP contribution in [0.2, 0.25) is 0 Å². The van der Waals surface area contributed by atoms with Crippen molar-refractivity contribution >= 4 is 17.3 Å².